The predicted molar refractivity (Wildman–Crippen MR) is 118 cm³/mol. The van der Waals surface area contributed by atoms with Gasteiger partial charge in [-0.2, -0.15) is 0 Å². The zero-order valence-corrected chi connectivity index (χ0v) is 18.3. The van der Waals surface area contributed by atoms with Crippen molar-refractivity contribution in [1.82, 2.24) is 25.1 Å². The fourth-order valence-corrected chi connectivity index (χ4v) is 4.32. The maximum Gasteiger partial charge on any atom is 0.168 e. The second-order valence-electron chi connectivity index (χ2n) is 8.25. The van der Waals surface area contributed by atoms with Crippen molar-refractivity contribution in [3.05, 3.63) is 59.3 Å². The molecule has 2 aromatic heterocycles. The van der Waals surface area contributed by atoms with Crippen LogP contribution in [-0.4, -0.2) is 51.3 Å². The SMILES string of the molecule is CCCCC(c1nnnn1Cc1ccco1)N1CCN(c2cc(C)ccc2C)CC1. The Labute approximate surface area is 178 Å². The molecule has 1 aliphatic heterocycles. The third-order valence-electron chi connectivity index (χ3n) is 6.03. The van der Waals surface area contributed by atoms with Gasteiger partial charge in [-0.15, -0.1) is 5.10 Å². The van der Waals surface area contributed by atoms with Gasteiger partial charge in [-0.3, -0.25) is 4.90 Å². The van der Waals surface area contributed by atoms with E-state index in [1.165, 1.54) is 23.2 Å². The molecule has 0 N–H and O–H groups in total. The van der Waals surface area contributed by atoms with E-state index in [4.69, 9.17) is 4.42 Å². The second kappa shape index (κ2) is 9.43. The average molecular weight is 409 g/mol. The Balaban J connectivity index is 1.49. The number of rotatable bonds is 8. The topological polar surface area (TPSA) is 63.2 Å². The molecule has 3 heterocycles. The lowest BCUT2D eigenvalue weighted by Gasteiger charge is -2.40. The summed E-state index contributed by atoms with van der Waals surface area (Å²) >= 11 is 0. The van der Waals surface area contributed by atoms with Gasteiger partial charge < -0.3 is 9.32 Å². The van der Waals surface area contributed by atoms with Crippen molar-refractivity contribution in [2.45, 2.75) is 52.6 Å². The van der Waals surface area contributed by atoms with E-state index in [-0.39, 0.29) is 6.04 Å². The van der Waals surface area contributed by atoms with Crippen molar-refractivity contribution in [2.75, 3.05) is 31.1 Å². The first-order chi connectivity index (χ1) is 14.7. The summed E-state index contributed by atoms with van der Waals surface area (Å²) in [6, 6.07) is 10.8. The molecule has 160 valence electrons. The first kappa shape index (κ1) is 20.6. The Morgan fingerprint density at radius 1 is 1.10 bits per heavy atom. The molecule has 0 bridgehead atoms. The number of hydrogen-bond donors (Lipinski definition) is 0. The highest BCUT2D eigenvalue weighted by molar-refractivity contribution is 5.55. The van der Waals surface area contributed by atoms with Crippen molar-refractivity contribution in [3.8, 4) is 0 Å². The number of tetrazole rings is 1. The van der Waals surface area contributed by atoms with E-state index in [9.17, 15) is 0 Å². The maximum atomic E-state index is 5.52. The second-order valence-corrected chi connectivity index (χ2v) is 8.25. The molecule has 1 fully saturated rings. The minimum atomic E-state index is 0.232. The average Bonchev–Trinajstić information content (AvgIpc) is 3.44. The summed E-state index contributed by atoms with van der Waals surface area (Å²) in [5.41, 5.74) is 4.03. The molecule has 1 aliphatic rings. The van der Waals surface area contributed by atoms with Gasteiger partial charge in [0.15, 0.2) is 5.82 Å². The number of aromatic nitrogens is 4. The summed E-state index contributed by atoms with van der Waals surface area (Å²) in [6.07, 6.45) is 5.09. The molecule has 0 saturated carbocycles. The Morgan fingerprint density at radius 2 is 1.93 bits per heavy atom. The Morgan fingerprint density at radius 3 is 2.67 bits per heavy atom. The maximum absolute atomic E-state index is 5.52. The molecular formula is C23H32N6O. The fourth-order valence-electron chi connectivity index (χ4n) is 4.32. The summed E-state index contributed by atoms with van der Waals surface area (Å²) in [4.78, 5) is 5.07. The van der Waals surface area contributed by atoms with E-state index in [1.807, 2.05) is 16.8 Å². The van der Waals surface area contributed by atoms with E-state index in [0.717, 1.165) is 50.6 Å². The molecule has 0 amide bonds. The van der Waals surface area contributed by atoms with Gasteiger partial charge in [0, 0.05) is 31.9 Å². The Bertz CT molecular complexity index is 927. The lowest BCUT2D eigenvalue weighted by molar-refractivity contribution is 0.162. The Kier molecular flexibility index (Phi) is 6.47. The lowest BCUT2D eigenvalue weighted by Crippen LogP contribution is -2.48. The van der Waals surface area contributed by atoms with Crippen LogP contribution in [0.25, 0.3) is 0 Å². The van der Waals surface area contributed by atoms with Crippen molar-refractivity contribution in [2.24, 2.45) is 0 Å². The molecule has 7 nitrogen and oxygen atoms in total. The zero-order valence-electron chi connectivity index (χ0n) is 18.3. The predicted octanol–water partition coefficient (Wildman–Crippen LogP) is 3.98. The van der Waals surface area contributed by atoms with Crippen molar-refractivity contribution < 1.29 is 4.42 Å². The smallest absolute Gasteiger partial charge is 0.168 e. The quantitative estimate of drug-likeness (QED) is 0.562. The van der Waals surface area contributed by atoms with Gasteiger partial charge in [0.25, 0.3) is 0 Å². The number of nitrogens with zero attached hydrogens (tertiary/aromatic N) is 6. The van der Waals surface area contributed by atoms with E-state index in [0.29, 0.717) is 6.54 Å². The molecule has 1 saturated heterocycles. The van der Waals surface area contributed by atoms with Crippen LogP contribution in [0.2, 0.25) is 0 Å². The highest BCUT2D eigenvalue weighted by Crippen LogP contribution is 2.29. The van der Waals surface area contributed by atoms with Crippen LogP contribution in [0, 0.1) is 13.8 Å². The molecule has 0 radical (unpaired) electrons. The largest absolute Gasteiger partial charge is 0.467 e. The fraction of sp³-hybridized carbons (Fsp3) is 0.522. The first-order valence-corrected chi connectivity index (χ1v) is 11.0. The van der Waals surface area contributed by atoms with E-state index < -0.39 is 0 Å². The number of hydrogen-bond acceptors (Lipinski definition) is 6. The van der Waals surface area contributed by atoms with Crippen molar-refractivity contribution in [3.63, 3.8) is 0 Å². The third kappa shape index (κ3) is 4.56. The summed E-state index contributed by atoms with van der Waals surface area (Å²) in [7, 11) is 0. The Hall–Kier alpha value is -2.67. The van der Waals surface area contributed by atoms with Crippen LogP contribution in [-0.2, 0) is 6.54 Å². The normalized spacial score (nSPS) is 16.2. The molecule has 4 rings (SSSR count). The summed E-state index contributed by atoms with van der Waals surface area (Å²) in [5, 5.41) is 12.7. The van der Waals surface area contributed by atoms with Crippen molar-refractivity contribution in [1.29, 1.82) is 0 Å². The molecule has 30 heavy (non-hydrogen) atoms. The monoisotopic (exact) mass is 408 g/mol. The summed E-state index contributed by atoms with van der Waals surface area (Å²) in [6.45, 7) is 11.2. The number of benzene rings is 1. The van der Waals surface area contributed by atoms with Gasteiger partial charge in [0.1, 0.15) is 12.3 Å². The molecule has 0 spiro atoms. The number of furan rings is 1. The highest BCUT2D eigenvalue weighted by Gasteiger charge is 2.29. The molecule has 3 aromatic rings. The number of aryl methyl sites for hydroxylation is 2. The minimum absolute atomic E-state index is 0.232. The number of unbranched alkanes of at least 4 members (excludes halogenated alkanes) is 1. The van der Waals surface area contributed by atoms with Crippen LogP contribution in [0.15, 0.2) is 41.0 Å². The zero-order chi connectivity index (χ0) is 20.9. The van der Waals surface area contributed by atoms with Crippen molar-refractivity contribution >= 4 is 5.69 Å². The minimum Gasteiger partial charge on any atom is -0.467 e. The molecular weight excluding hydrogens is 376 g/mol. The van der Waals surface area contributed by atoms with Crippen LogP contribution in [0.3, 0.4) is 0 Å². The van der Waals surface area contributed by atoms with Gasteiger partial charge in [-0.1, -0.05) is 31.9 Å². The standard InChI is InChI=1S/C23H32N6O/c1-4-5-8-21(23-24-25-26-29(23)17-20-7-6-15-30-20)27-11-13-28(14-12-27)22-16-18(2)9-10-19(22)3/h6-7,9-10,15-16,21H,4-5,8,11-14,17H2,1-3H3. The third-order valence-corrected chi connectivity index (χ3v) is 6.03. The molecule has 7 heteroatoms. The van der Waals surface area contributed by atoms with Gasteiger partial charge >= 0.3 is 0 Å². The van der Waals surface area contributed by atoms with Crippen LogP contribution in [0.5, 0.6) is 0 Å². The highest BCUT2D eigenvalue weighted by atomic mass is 16.3. The molecule has 1 unspecified atom stereocenters. The summed E-state index contributed by atoms with van der Waals surface area (Å²) in [5.74, 6) is 1.82. The van der Waals surface area contributed by atoms with Gasteiger partial charge in [-0.25, -0.2) is 4.68 Å². The van der Waals surface area contributed by atoms with E-state index >= 15 is 0 Å². The van der Waals surface area contributed by atoms with Gasteiger partial charge in [0.2, 0.25) is 0 Å². The van der Waals surface area contributed by atoms with E-state index in [2.05, 4.69) is 64.3 Å². The molecule has 0 aliphatic carbocycles. The molecule has 1 atom stereocenters. The molecule has 1 aromatic carbocycles. The summed E-state index contributed by atoms with van der Waals surface area (Å²) < 4.78 is 7.41. The van der Waals surface area contributed by atoms with E-state index in [1.54, 1.807) is 6.26 Å². The van der Waals surface area contributed by atoms with Crippen LogP contribution in [0.1, 0.15) is 54.9 Å². The van der Waals surface area contributed by atoms with Gasteiger partial charge in [-0.05, 0) is 60.0 Å². The first-order valence-electron chi connectivity index (χ1n) is 11.0. The van der Waals surface area contributed by atoms with Crippen LogP contribution < -0.4 is 4.90 Å². The van der Waals surface area contributed by atoms with Crippen LogP contribution in [0.4, 0.5) is 5.69 Å². The number of piperazine rings is 1. The lowest BCUT2D eigenvalue weighted by atomic mass is 10.1. The van der Waals surface area contributed by atoms with Gasteiger partial charge in [0.05, 0.1) is 12.3 Å². The van der Waals surface area contributed by atoms with Crippen LogP contribution >= 0.6 is 0 Å². The number of anilines is 1.